The Kier molecular flexibility index (Phi) is 5.58. The van der Waals surface area contributed by atoms with Gasteiger partial charge in [-0.25, -0.2) is 5.70 Å². The SMILES string of the molecule is [CH-]=C(C(C)C)N1[CH-]NCC1.[Y]. The molecule has 0 amide bonds. The molecule has 61 valence electrons. The molecule has 3 heteroatoms. The van der Waals surface area contributed by atoms with Crippen molar-refractivity contribution in [3.05, 3.63) is 18.9 Å². The van der Waals surface area contributed by atoms with Crippen LogP contribution in [-0.2, 0) is 32.7 Å². The Morgan fingerprint density at radius 1 is 1.64 bits per heavy atom. The Morgan fingerprint density at radius 2 is 2.27 bits per heavy atom. The predicted octanol–water partition coefficient (Wildman–Crippen LogP) is 0.981. The van der Waals surface area contributed by atoms with Crippen LogP contribution < -0.4 is 5.32 Å². The summed E-state index contributed by atoms with van der Waals surface area (Å²) in [5.74, 6) is 0.441. The Morgan fingerprint density at radius 3 is 2.64 bits per heavy atom. The molecular formula is C8H14N2Y-2. The van der Waals surface area contributed by atoms with Gasteiger partial charge >= 0.3 is 0 Å². The first-order chi connectivity index (χ1) is 4.72. The molecule has 0 atom stereocenters. The van der Waals surface area contributed by atoms with Crippen molar-refractivity contribution in [2.75, 3.05) is 13.1 Å². The van der Waals surface area contributed by atoms with E-state index < -0.39 is 0 Å². The second kappa shape index (κ2) is 5.28. The fourth-order valence-electron chi connectivity index (χ4n) is 0.960. The number of rotatable bonds is 2. The van der Waals surface area contributed by atoms with Crippen molar-refractivity contribution < 1.29 is 32.7 Å². The van der Waals surface area contributed by atoms with Crippen LogP contribution in [0.2, 0.25) is 0 Å². The zero-order valence-corrected chi connectivity index (χ0v) is 10.0. The van der Waals surface area contributed by atoms with Crippen molar-refractivity contribution >= 4 is 0 Å². The van der Waals surface area contributed by atoms with Gasteiger partial charge in [-0.3, -0.25) is 0 Å². The van der Waals surface area contributed by atoms with Crippen molar-refractivity contribution in [2.24, 2.45) is 5.92 Å². The fraction of sp³-hybridized carbons (Fsp3) is 0.625. The van der Waals surface area contributed by atoms with Crippen LogP contribution >= 0.6 is 0 Å². The molecule has 1 N–H and O–H groups in total. The summed E-state index contributed by atoms with van der Waals surface area (Å²) in [6.45, 7) is 13.9. The molecule has 11 heavy (non-hydrogen) atoms. The predicted molar refractivity (Wildman–Crippen MR) is 41.7 cm³/mol. The van der Waals surface area contributed by atoms with Crippen molar-refractivity contribution in [2.45, 2.75) is 13.8 Å². The first-order valence-corrected chi connectivity index (χ1v) is 3.67. The Balaban J connectivity index is 0.000001000. The van der Waals surface area contributed by atoms with Gasteiger partial charge in [-0.05, 0) is 19.0 Å². The summed E-state index contributed by atoms with van der Waals surface area (Å²) < 4.78 is 0. The third-order valence-electron chi connectivity index (χ3n) is 1.67. The van der Waals surface area contributed by atoms with Crippen molar-refractivity contribution in [3.8, 4) is 0 Å². The molecule has 1 radical (unpaired) electrons. The first-order valence-electron chi connectivity index (χ1n) is 3.67. The molecule has 0 aliphatic carbocycles. The molecule has 1 fully saturated rings. The zero-order valence-electron chi connectivity index (χ0n) is 7.17. The molecule has 0 spiro atoms. The first kappa shape index (κ1) is 11.6. The molecule has 1 rings (SSSR count). The second-order valence-corrected chi connectivity index (χ2v) is 2.86. The molecule has 1 saturated heterocycles. The summed E-state index contributed by atoms with van der Waals surface area (Å²) in [5, 5.41) is 3.11. The standard InChI is InChI=1S/C8H14N2.Y/c1-7(2)8(3)10-5-4-9-6-10;/h3,6-7,9H,4-5H2,1-2H3;/q-2;. The maximum absolute atomic E-state index is 5.79. The number of nitrogens with one attached hydrogen (secondary N) is 1. The number of hydrogen-bond acceptors (Lipinski definition) is 2. The molecule has 0 saturated carbocycles. The number of nitrogens with zero attached hydrogens (tertiary/aromatic N) is 1. The largest absolute Gasteiger partial charge is 0.540 e. The van der Waals surface area contributed by atoms with Gasteiger partial charge in [-0.2, -0.15) is 6.67 Å². The van der Waals surface area contributed by atoms with E-state index in [1.54, 1.807) is 0 Å². The molecule has 1 heterocycles. The van der Waals surface area contributed by atoms with Crippen LogP contribution in [0.15, 0.2) is 5.70 Å². The van der Waals surface area contributed by atoms with Crippen molar-refractivity contribution in [3.63, 3.8) is 0 Å². The van der Waals surface area contributed by atoms with Crippen LogP contribution in [0.3, 0.4) is 0 Å². The number of allylic oxidation sites excluding steroid dienone is 1. The van der Waals surface area contributed by atoms with Crippen LogP contribution in [0.1, 0.15) is 13.8 Å². The second-order valence-electron chi connectivity index (χ2n) is 2.86. The van der Waals surface area contributed by atoms with E-state index in [0.717, 1.165) is 18.8 Å². The van der Waals surface area contributed by atoms with Crippen molar-refractivity contribution in [1.29, 1.82) is 0 Å². The van der Waals surface area contributed by atoms with Crippen molar-refractivity contribution in [1.82, 2.24) is 10.2 Å². The maximum Gasteiger partial charge on any atom is 0 e. The molecule has 0 unspecified atom stereocenters. The van der Waals surface area contributed by atoms with E-state index in [0.29, 0.717) is 5.92 Å². The topological polar surface area (TPSA) is 15.3 Å². The summed E-state index contributed by atoms with van der Waals surface area (Å²) in [7, 11) is 0. The monoisotopic (exact) mass is 227 g/mol. The zero-order chi connectivity index (χ0) is 7.56. The van der Waals surface area contributed by atoms with Gasteiger partial charge in [0.25, 0.3) is 0 Å². The Bertz CT molecular complexity index is 128. The van der Waals surface area contributed by atoms with Gasteiger partial charge < -0.3 is 16.8 Å². The van der Waals surface area contributed by atoms with Crippen LogP contribution in [0.5, 0.6) is 0 Å². The van der Waals surface area contributed by atoms with E-state index in [1.807, 2.05) is 6.67 Å². The van der Waals surface area contributed by atoms with Crippen LogP contribution in [-0.4, -0.2) is 18.0 Å². The minimum atomic E-state index is 0. The van der Waals surface area contributed by atoms with Gasteiger partial charge in [-0.15, -0.1) is 0 Å². The van der Waals surface area contributed by atoms with E-state index >= 15 is 0 Å². The van der Waals surface area contributed by atoms with E-state index in [4.69, 9.17) is 6.58 Å². The molecule has 2 nitrogen and oxygen atoms in total. The van der Waals surface area contributed by atoms with Crippen LogP contribution in [0.25, 0.3) is 0 Å². The normalized spacial score (nSPS) is 16.8. The average Bonchev–Trinajstić information content (AvgIpc) is 2.36. The van der Waals surface area contributed by atoms with E-state index in [9.17, 15) is 0 Å². The van der Waals surface area contributed by atoms with Gasteiger partial charge in [0, 0.05) is 32.7 Å². The molecule has 1 aliphatic heterocycles. The summed E-state index contributed by atoms with van der Waals surface area (Å²) in [6, 6.07) is 0. The summed E-state index contributed by atoms with van der Waals surface area (Å²) in [6.07, 6.45) is 0. The fourth-order valence-corrected chi connectivity index (χ4v) is 0.960. The Labute approximate surface area is 94.3 Å². The van der Waals surface area contributed by atoms with Gasteiger partial charge in [0.05, 0.1) is 0 Å². The molecule has 0 aromatic heterocycles. The molecule has 0 aromatic rings. The molecule has 1 aliphatic rings. The number of hydrogen-bond donors (Lipinski definition) is 1. The third kappa shape index (κ3) is 3.22. The van der Waals surface area contributed by atoms with Gasteiger partial charge in [0.15, 0.2) is 0 Å². The van der Waals surface area contributed by atoms with E-state index in [1.165, 1.54) is 0 Å². The molecule has 0 aromatic carbocycles. The minimum Gasteiger partial charge on any atom is -0.540 e. The van der Waals surface area contributed by atoms with Gasteiger partial charge in [0.2, 0.25) is 0 Å². The summed E-state index contributed by atoms with van der Waals surface area (Å²) in [5.41, 5.74) is 0.949. The van der Waals surface area contributed by atoms with Crippen LogP contribution in [0.4, 0.5) is 0 Å². The van der Waals surface area contributed by atoms with Crippen LogP contribution in [0, 0.1) is 19.2 Å². The molecule has 0 bridgehead atoms. The molecular weight excluding hydrogens is 213 g/mol. The summed E-state index contributed by atoms with van der Waals surface area (Å²) in [4.78, 5) is 2.06. The third-order valence-corrected chi connectivity index (χ3v) is 1.67. The Hall–Kier alpha value is 0.604. The van der Waals surface area contributed by atoms with E-state index in [-0.39, 0.29) is 32.7 Å². The van der Waals surface area contributed by atoms with Gasteiger partial charge in [0.1, 0.15) is 0 Å². The summed E-state index contributed by atoms with van der Waals surface area (Å²) >= 11 is 0. The minimum absolute atomic E-state index is 0. The van der Waals surface area contributed by atoms with Gasteiger partial charge in [-0.1, -0.05) is 13.8 Å². The maximum atomic E-state index is 5.79. The van der Waals surface area contributed by atoms with E-state index in [2.05, 4.69) is 24.1 Å². The quantitative estimate of drug-likeness (QED) is 0.707. The smallest absolute Gasteiger partial charge is 0 e. The average molecular weight is 227 g/mol.